The van der Waals surface area contributed by atoms with Gasteiger partial charge in [-0.2, -0.15) is 5.26 Å². The smallest absolute Gasteiger partial charge is 0.235 e. The fourth-order valence-electron chi connectivity index (χ4n) is 1.27. The predicted octanol–water partition coefficient (Wildman–Crippen LogP) is -1.31. The summed E-state index contributed by atoms with van der Waals surface area (Å²) in [6.07, 6.45) is 0. The van der Waals surface area contributed by atoms with Crippen LogP contribution in [-0.4, -0.2) is 52.7 Å². The average Bonchev–Trinajstić information content (AvgIpc) is 2.19. The zero-order chi connectivity index (χ0) is 10.4. The van der Waals surface area contributed by atoms with E-state index in [-0.39, 0.29) is 17.4 Å². The van der Waals surface area contributed by atoms with Gasteiger partial charge in [0.15, 0.2) is 0 Å². The molecule has 1 rings (SSSR count). The Hall–Kier alpha value is -0.930. The third-order valence-electron chi connectivity index (χ3n) is 1.98. The molecule has 1 fully saturated rings. The first-order chi connectivity index (χ1) is 6.74. The maximum atomic E-state index is 11.5. The second kappa shape index (κ2) is 5.73. The van der Waals surface area contributed by atoms with Crippen molar-refractivity contribution in [3.05, 3.63) is 0 Å². The third kappa shape index (κ3) is 3.44. The summed E-state index contributed by atoms with van der Waals surface area (Å²) in [7, 11) is -1.32. The van der Waals surface area contributed by atoms with Gasteiger partial charge in [-0.1, -0.05) is 0 Å². The van der Waals surface area contributed by atoms with Crippen LogP contribution in [0.5, 0.6) is 0 Å². The van der Waals surface area contributed by atoms with E-state index in [2.05, 4.69) is 5.32 Å². The minimum absolute atomic E-state index is 0.0203. The van der Waals surface area contributed by atoms with Gasteiger partial charge in [-0.15, -0.1) is 0 Å². The molecule has 1 heterocycles. The number of hydrogen-bond donors (Lipinski definition) is 1. The lowest BCUT2D eigenvalue weighted by Gasteiger charge is -2.27. The van der Waals surface area contributed by atoms with Crippen LogP contribution < -0.4 is 5.32 Å². The summed E-state index contributed by atoms with van der Waals surface area (Å²) >= 11 is 0. The molecule has 14 heavy (non-hydrogen) atoms. The van der Waals surface area contributed by atoms with Gasteiger partial charge in [0, 0.05) is 37.0 Å². The van der Waals surface area contributed by atoms with Gasteiger partial charge in [0.05, 0.1) is 6.07 Å². The van der Waals surface area contributed by atoms with Crippen LogP contribution in [0.25, 0.3) is 0 Å². The molecule has 0 aromatic heterocycles. The molecular formula is C8H13N3O2S. The number of nitriles is 1. The van der Waals surface area contributed by atoms with Crippen molar-refractivity contribution in [1.82, 2.24) is 10.2 Å². The molecule has 0 aliphatic carbocycles. The van der Waals surface area contributed by atoms with Crippen LogP contribution in [0.4, 0.5) is 0 Å². The van der Waals surface area contributed by atoms with E-state index in [0.717, 1.165) is 13.1 Å². The van der Waals surface area contributed by atoms with E-state index in [0.29, 0.717) is 13.1 Å². The summed E-state index contributed by atoms with van der Waals surface area (Å²) in [6, 6.07) is 1.79. The number of carbonyl (C=O) groups excluding carboxylic acids is 1. The molecule has 1 N–H and O–H groups in total. The topological polar surface area (TPSA) is 73.2 Å². The second-order valence-electron chi connectivity index (χ2n) is 3.02. The monoisotopic (exact) mass is 215 g/mol. The Balaban J connectivity index is 2.33. The summed E-state index contributed by atoms with van der Waals surface area (Å²) in [4.78, 5) is 13.2. The van der Waals surface area contributed by atoms with Crippen LogP contribution in [0.3, 0.4) is 0 Å². The lowest BCUT2D eigenvalue weighted by molar-refractivity contribution is -0.128. The molecule has 1 unspecified atom stereocenters. The minimum atomic E-state index is -1.32. The summed E-state index contributed by atoms with van der Waals surface area (Å²) in [5, 5.41) is 11.4. The standard InChI is InChI=1S/C8H13N3O2S/c9-1-6-14(13)7-8(12)11-4-2-10-3-5-11/h10H,2-7H2. The van der Waals surface area contributed by atoms with Gasteiger partial charge in [-0.3, -0.25) is 9.00 Å². The molecule has 78 valence electrons. The molecule has 0 spiro atoms. The van der Waals surface area contributed by atoms with E-state index >= 15 is 0 Å². The molecule has 0 bridgehead atoms. The van der Waals surface area contributed by atoms with E-state index in [4.69, 9.17) is 5.26 Å². The largest absolute Gasteiger partial charge is 0.339 e. The first-order valence-corrected chi connectivity index (χ1v) is 5.93. The van der Waals surface area contributed by atoms with Crippen molar-refractivity contribution >= 4 is 16.7 Å². The Morgan fingerprint density at radius 3 is 2.71 bits per heavy atom. The molecular weight excluding hydrogens is 202 g/mol. The number of amides is 1. The van der Waals surface area contributed by atoms with Gasteiger partial charge in [0.25, 0.3) is 0 Å². The van der Waals surface area contributed by atoms with Crippen LogP contribution in [0.1, 0.15) is 0 Å². The molecule has 1 aliphatic heterocycles. The SMILES string of the molecule is N#CCS(=O)CC(=O)N1CCNCC1. The summed E-state index contributed by atoms with van der Waals surface area (Å²) in [5.41, 5.74) is 0. The van der Waals surface area contributed by atoms with Crippen molar-refractivity contribution in [2.24, 2.45) is 0 Å². The van der Waals surface area contributed by atoms with E-state index in [1.54, 1.807) is 11.0 Å². The van der Waals surface area contributed by atoms with Crippen LogP contribution in [-0.2, 0) is 15.6 Å². The number of hydrogen-bond acceptors (Lipinski definition) is 4. The number of nitrogens with zero attached hydrogens (tertiary/aromatic N) is 2. The maximum Gasteiger partial charge on any atom is 0.235 e. The highest BCUT2D eigenvalue weighted by molar-refractivity contribution is 7.85. The van der Waals surface area contributed by atoms with E-state index in [1.165, 1.54) is 0 Å². The fourth-order valence-corrected chi connectivity index (χ4v) is 1.97. The van der Waals surface area contributed by atoms with Gasteiger partial charge in [-0.05, 0) is 0 Å². The van der Waals surface area contributed by atoms with Crippen LogP contribution in [0.15, 0.2) is 0 Å². The van der Waals surface area contributed by atoms with Crippen molar-refractivity contribution < 1.29 is 9.00 Å². The van der Waals surface area contributed by atoms with Crippen LogP contribution in [0, 0.1) is 11.3 Å². The zero-order valence-electron chi connectivity index (χ0n) is 7.86. The Labute approximate surface area is 85.5 Å². The first-order valence-electron chi connectivity index (χ1n) is 4.44. The highest BCUT2D eigenvalue weighted by atomic mass is 32.2. The molecule has 5 nitrogen and oxygen atoms in total. The summed E-state index contributed by atoms with van der Waals surface area (Å²) in [5.74, 6) is -0.189. The summed E-state index contributed by atoms with van der Waals surface area (Å²) in [6.45, 7) is 2.92. The Morgan fingerprint density at radius 2 is 2.14 bits per heavy atom. The quantitative estimate of drug-likeness (QED) is 0.634. The highest BCUT2D eigenvalue weighted by Crippen LogP contribution is 1.95. The van der Waals surface area contributed by atoms with Crippen molar-refractivity contribution in [2.75, 3.05) is 37.7 Å². The highest BCUT2D eigenvalue weighted by Gasteiger charge is 2.17. The van der Waals surface area contributed by atoms with Gasteiger partial charge in [0.1, 0.15) is 11.5 Å². The second-order valence-corrected chi connectivity index (χ2v) is 4.47. The van der Waals surface area contributed by atoms with E-state index in [9.17, 15) is 9.00 Å². The van der Waals surface area contributed by atoms with Crippen molar-refractivity contribution in [3.8, 4) is 6.07 Å². The Bertz CT molecular complexity index is 268. The fraction of sp³-hybridized carbons (Fsp3) is 0.750. The van der Waals surface area contributed by atoms with Gasteiger partial charge >= 0.3 is 0 Å². The third-order valence-corrected chi connectivity index (χ3v) is 3.00. The summed E-state index contributed by atoms with van der Waals surface area (Å²) < 4.78 is 11.1. The lowest BCUT2D eigenvalue weighted by Crippen LogP contribution is -2.47. The van der Waals surface area contributed by atoms with Gasteiger partial charge < -0.3 is 10.2 Å². The lowest BCUT2D eigenvalue weighted by atomic mass is 10.3. The maximum absolute atomic E-state index is 11.5. The van der Waals surface area contributed by atoms with Gasteiger partial charge in [-0.25, -0.2) is 0 Å². The average molecular weight is 215 g/mol. The predicted molar refractivity (Wildman–Crippen MR) is 52.9 cm³/mol. The number of piperazine rings is 1. The molecule has 1 amide bonds. The van der Waals surface area contributed by atoms with Crippen molar-refractivity contribution in [2.45, 2.75) is 0 Å². The van der Waals surface area contributed by atoms with Gasteiger partial charge in [0.2, 0.25) is 5.91 Å². The normalized spacial score (nSPS) is 18.6. The molecule has 6 heteroatoms. The molecule has 1 atom stereocenters. The first kappa shape index (κ1) is 11.1. The van der Waals surface area contributed by atoms with E-state index in [1.807, 2.05) is 0 Å². The Kier molecular flexibility index (Phi) is 4.56. The van der Waals surface area contributed by atoms with Crippen LogP contribution in [0.2, 0.25) is 0 Å². The molecule has 1 aliphatic rings. The number of nitrogens with one attached hydrogen (secondary N) is 1. The number of carbonyl (C=O) groups is 1. The Morgan fingerprint density at radius 1 is 1.50 bits per heavy atom. The molecule has 0 aromatic rings. The van der Waals surface area contributed by atoms with Crippen LogP contribution >= 0.6 is 0 Å². The minimum Gasteiger partial charge on any atom is -0.339 e. The molecule has 1 saturated heterocycles. The zero-order valence-corrected chi connectivity index (χ0v) is 8.68. The molecule has 0 radical (unpaired) electrons. The van der Waals surface area contributed by atoms with E-state index < -0.39 is 10.8 Å². The number of rotatable bonds is 3. The molecule has 0 saturated carbocycles. The molecule has 0 aromatic carbocycles. The van der Waals surface area contributed by atoms with Crippen molar-refractivity contribution in [3.63, 3.8) is 0 Å². The van der Waals surface area contributed by atoms with Crippen molar-refractivity contribution in [1.29, 1.82) is 5.26 Å².